The van der Waals surface area contributed by atoms with Gasteiger partial charge in [0.2, 0.25) is 5.78 Å². The molecule has 0 amide bonds. The maximum Gasteiger partial charge on any atom is 0.202 e. The zero-order chi connectivity index (χ0) is 15.4. The number of ketones is 1. The third-order valence-corrected chi connectivity index (χ3v) is 4.44. The molecule has 0 spiro atoms. The number of aryl methyl sites for hydroxylation is 1. The van der Waals surface area contributed by atoms with Crippen molar-refractivity contribution in [2.45, 2.75) is 13.3 Å². The standard InChI is InChI=1S/C15H14Cl2O3S/c1-3-9-4-5-12(13(6-9)19-2)20-8-11(18)10-7-14(16)21-15(10)17/h4-7H,3,8H2,1-2H3. The molecule has 1 aromatic carbocycles. The van der Waals surface area contributed by atoms with Gasteiger partial charge in [-0.3, -0.25) is 4.79 Å². The number of Topliss-reactive ketones (excluding diaryl/α,β-unsaturated/α-hetero) is 1. The molecule has 1 aromatic heterocycles. The first-order chi connectivity index (χ1) is 10.0. The molecule has 0 bridgehead atoms. The van der Waals surface area contributed by atoms with Crippen LogP contribution in [0, 0.1) is 0 Å². The van der Waals surface area contributed by atoms with Crippen molar-refractivity contribution in [1.29, 1.82) is 0 Å². The molecule has 6 heteroatoms. The summed E-state index contributed by atoms with van der Waals surface area (Å²) in [4.78, 5) is 12.1. The Morgan fingerprint density at radius 1 is 1.24 bits per heavy atom. The van der Waals surface area contributed by atoms with Crippen molar-refractivity contribution in [2.24, 2.45) is 0 Å². The number of hydrogen-bond donors (Lipinski definition) is 0. The SMILES string of the molecule is CCc1ccc(OCC(=O)c2cc(Cl)sc2Cl)c(OC)c1. The Balaban J connectivity index is 2.09. The third-order valence-electron chi connectivity index (χ3n) is 2.95. The summed E-state index contributed by atoms with van der Waals surface area (Å²) in [7, 11) is 1.57. The molecular formula is C15H14Cl2O3S. The fourth-order valence-corrected chi connectivity index (χ4v) is 3.30. The minimum absolute atomic E-state index is 0.116. The number of halogens is 2. The van der Waals surface area contributed by atoms with Gasteiger partial charge in [0, 0.05) is 0 Å². The zero-order valence-electron chi connectivity index (χ0n) is 11.6. The highest BCUT2D eigenvalue weighted by molar-refractivity contribution is 7.20. The van der Waals surface area contributed by atoms with E-state index < -0.39 is 0 Å². The number of carbonyl (C=O) groups is 1. The monoisotopic (exact) mass is 344 g/mol. The van der Waals surface area contributed by atoms with E-state index in [1.54, 1.807) is 19.2 Å². The number of carbonyl (C=O) groups excluding carboxylic acids is 1. The smallest absolute Gasteiger partial charge is 0.202 e. The van der Waals surface area contributed by atoms with Crippen molar-refractivity contribution in [3.05, 3.63) is 44.1 Å². The molecule has 21 heavy (non-hydrogen) atoms. The average molecular weight is 345 g/mol. The normalized spacial score (nSPS) is 10.5. The fourth-order valence-electron chi connectivity index (χ4n) is 1.80. The molecule has 112 valence electrons. The lowest BCUT2D eigenvalue weighted by Crippen LogP contribution is -2.11. The molecule has 2 aromatic rings. The minimum Gasteiger partial charge on any atom is -0.493 e. The lowest BCUT2D eigenvalue weighted by Gasteiger charge is -2.11. The van der Waals surface area contributed by atoms with E-state index in [1.165, 1.54) is 0 Å². The van der Waals surface area contributed by atoms with Crippen molar-refractivity contribution in [1.82, 2.24) is 0 Å². The Kier molecular flexibility index (Phi) is 5.51. The molecule has 2 rings (SSSR count). The predicted molar refractivity (Wildman–Crippen MR) is 86.5 cm³/mol. The van der Waals surface area contributed by atoms with E-state index in [1.807, 2.05) is 12.1 Å². The van der Waals surface area contributed by atoms with Crippen LogP contribution < -0.4 is 9.47 Å². The number of methoxy groups -OCH3 is 1. The van der Waals surface area contributed by atoms with Crippen molar-refractivity contribution < 1.29 is 14.3 Å². The van der Waals surface area contributed by atoms with E-state index >= 15 is 0 Å². The molecule has 0 atom stereocenters. The van der Waals surface area contributed by atoms with E-state index in [0.29, 0.717) is 25.7 Å². The average Bonchev–Trinajstić information content (AvgIpc) is 2.83. The van der Waals surface area contributed by atoms with Gasteiger partial charge < -0.3 is 9.47 Å². The van der Waals surface area contributed by atoms with Crippen LogP contribution in [0.5, 0.6) is 11.5 Å². The second-order valence-electron chi connectivity index (χ2n) is 4.29. The molecular weight excluding hydrogens is 331 g/mol. The Morgan fingerprint density at radius 3 is 2.57 bits per heavy atom. The maximum absolute atomic E-state index is 12.1. The Hall–Kier alpha value is -1.23. The van der Waals surface area contributed by atoms with Gasteiger partial charge in [-0.1, -0.05) is 36.2 Å². The van der Waals surface area contributed by atoms with Crippen LogP contribution in [0.15, 0.2) is 24.3 Å². The second kappa shape index (κ2) is 7.16. The van der Waals surface area contributed by atoms with Gasteiger partial charge in [-0.05, 0) is 30.2 Å². The molecule has 0 unspecified atom stereocenters. The number of hydrogen-bond acceptors (Lipinski definition) is 4. The van der Waals surface area contributed by atoms with E-state index in [-0.39, 0.29) is 12.4 Å². The van der Waals surface area contributed by atoms with Gasteiger partial charge in [-0.2, -0.15) is 0 Å². The molecule has 0 N–H and O–H groups in total. The Labute approximate surface area is 137 Å². The van der Waals surface area contributed by atoms with Crippen molar-refractivity contribution in [3.63, 3.8) is 0 Å². The zero-order valence-corrected chi connectivity index (χ0v) is 13.9. The molecule has 0 fully saturated rings. The Morgan fingerprint density at radius 2 is 2.00 bits per heavy atom. The molecule has 1 heterocycles. The summed E-state index contributed by atoms with van der Waals surface area (Å²) in [6.45, 7) is 1.94. The number of benzene rings is 1. The summed E-state index contributed by atoms with van der Waals surface area (Å²) in [6, 6.07) is 7.19. The summed E-state index contributed by atoms with van der Waals surface area (Å²) in [6.07, 6.45) is 0.901. The number of thiophene rings is 1. The summed E-state index contributed by atoms with van der Waals surface area (Å²) in [5.41, 5.74) is 1.52. The van der Waals surface area contributed by atoms with Gasteiger partial charge in [0.1, 0.15) is 4.34 Å². The summed E-state index contributed by atoms with van der Waals surface area (Å²) in [5, 5.41) is 0. The molecule has 0 aliphatic heterocycles. The number of ether oxygens (including phenoxy) is 2. The topological polar surface area (TPSA) is 35.5 Å². The maximum atomic E-state index is 12.1. The van der Waals surface area contributed by atoms with Gasteiger partial charge in [0.05, 0.1) is 17.0 Å². The second-order valence-corrected chi connectivity index (χ2v) is 6.57. The van der Waals surface area contributed by atoms with Crippen molar-refractivity contribution in [2.75, 3.05) is 13.7 Å². The molecule has 0 saturated heterocycles. The van der Waals surface area contributed by atoms with Crippen LogP contribution in [0.2, 0.25) is 8.67 Å². The van der Waals surface area contributed by atoms with E-state index in [2.05, 4.69) is 6.92 Å². The van der Waals surface area contributed by atoms with E-state index in [9.17, 15) is 4.79 Å². The molecule has 0 saturated carbocycles. The summed E-state index contributed by atoms with van der Waals surface area (Å²) in [5.74, 6) is 0.918. The number of rotatable bonds is 6. The van der Waals surface area contributed by atoms with Gasteiger partial charge >= 0.3 is 0 Å². The lowest BCUT2D eigenvalue weighted by atomic mass is 10.1. The Bertz CT molecular complexity index is 652. The third kappa shape index (κ3) is 3.90. The van der Waals surface area contributed by atoms with Crippen LogP contribution in [0.4, 0.5) is 0 Å². The van der Waals surface area contributed by atoms with Crippen LogP contribution >= 0.6 is 34.5 Å². The van der Waals surface area contributed by atoms with Crippen LogP contribution in [0.3, 0.4) is 0 Å². The summed E-state index contributed by atoms with van der Waals surface area (Å²) >= 11 is 12.9. The summed E-state index contributed by atoms with van der Waals surface area (Å²) < 4.78 is 11.7. The van der Waals surface area contributed by atoms with Crippen molar-refractivity contribution >= 4 is 40.3 Å². The molecule has 0 aliphatic rings. The van der Waals surface area contributed by atoms with Crippen LogP contribution in [-0.4, -0.2) is 19.5 Å². The lowest BCUT2D eigenvalue weighted by molar-refractivity contribution is 0.0920. The van der Waals surface area contributed by atoms with Crippen molar-refractivity contribution in [3.8, 4) is 11.5 Å². The van der Waals surface area contributed by atoms with E-state index in [0.717, 1.165) is 23.3 Å². The molecule has 0 radical (unpaired) electrons. The van der Waals surface area contributed by atoms with Gasteiger partial charge in [-0.15, -0.1) is 11.3 Å². The van der Waals surface area contributed by atoms with Crippen LogP contribution in [0.1, 0.15) is 22.8 Å². The van der Waals surface area contributed by atoms with Crippen LogP contribution in [-0.2, 0) is 6.42 Å². The van der Waals surface area contributed by atoms with Gasteiger partial charge in [0.15, 0.2) is 18.1 Å². The van der Waals surface area contributed by atoms with E-state index in [4.69, 9.17) is 32.7 Å². The molecule has 0 aliphatic carbocycles. The first-order valence-corrected chi connectivity index (χ1v) is 7.90. The van der Waals surface area contributed by atoms with Gasteiger partial charge in [0.25, 0.3) is 0 Å². The van der Waals surface area contributed by atoms with Crippen LogP contribution in [0.25, 0.3) is 0 Å². The highest BCUT2D eigenvalue weighted by Crippen LogP contribution is 2.32. The first-order valence-electron chi connectivity index (χ1n) is 6.33. The highest BCUT2D eigenvalue weighted by Gasteiger charge is 2.16. The fraction of sp³-hybridized carbons (Fsp3) is 0.267. The molecule has 3 nitrogen and oxygen atoms in total. The van der Waals surface area contributed by atoms with Gasteiger partial charge in [-0.25, -0.2) is 0 Å². The predicted octanol–water partition coefficient (Wildman–Crippen LogP) is 4.89. The highest BCUT2D eigenvalue weighted by atomic mass is 35.5. The first kappa shape index (κ1) is 16.1. The largest absolute Gasteiger partial charge is 0.493 e. The quantitative estimate of drug-likeness (QED) is 0.700. The minimum atomic E-state index is -0.218.